The number of nitrogens with one attached hydrogen (secondary N) is 1. The highest BCUT2D eigenvalue weighted by Crippen LogP contribution is 2.44. The summed E-state index contributed by atoms with van der Waals surface area (Å²) in [4.78, 5) is 27.2. The van der Waals surface area contributed by atoms with Crippen LogP contribution in [0.25, 0.3) is 0 Å². The van der Waals surface area contributed by atoms with E-state index in [9.17, 15) is 9.59 Å². The average molecular weight is 370 g/mol. The van der Waals surface area contributed by atoms with Crippen molar-refractivity contribution < 1.29 is 14.3 Å². The van der Waals surface area contributed by atoms with E-state index in [1.807, 2.05) is 48.8 Å². The topological polar surface area (TPSA) is 58.6 Å². The summed E-state index contributed by atoms with van der Waals surface area (Å²) >= 11 is 1.44. The van der Waals surface area contributed by atoms with E-state index < -0.39 is 5.60 Å². The van der Waals surface area contributed by atoms with Gasteiger partial charge < -0.3 is 15.0 Å². The molecule has 2 aliphatic heterocycles. The molecular formula is C20H22N2O3S. The minimum atomic E-state index is -0.415. The molecule has 0 radical (unpaired) electrons. The van der Waals surface area contributed by atoms with E-state index in [0.717, 1.165) is 17.7 Å². The summed E-state index contributed by atoms with van der Waals surface area (Å²) in [6.45, 7) is 0.673. The van der Waals surface area contributed by atoms with Gasteiger partial charge in [-0.25, -0.2) is 0 Å². The van der Waals surface area contributed by atoms with Crippen LogP contribution in [0.1, 0.15) is 47.0 Å². The Bertz CT molecular complexity index is 820. The summed E-state index contributed by atoms with van der Waals surface area (Å²) in [5, 5.41) is 5.09. The molecule has 0 saturated carbocycles. The number of benzene rings is 1. The van der Waals surface area contributed by atoms with Crippen molar-refractivity contribution in [3.05, 3.63) is 52.2 Å². The molecule has 1 fully saturated rings. The van der Waals surface area contributed by atoms with E-state index in [1.54, 1.807) is 4.90 Å². The molecule has 1 spiro atoms. The summed E-state index contributed by atoms with van der Waals surface area (Å²) in [6.07, 6.45) is 2.61. The number of hydrogen-bond donors (Lipinski definition) is 1. The van der Waals surface area contributed by atoms with Crippen LogP contribution in [-0.4, -0.2) is 35.9 Å². The lowest BCUT2D eigenvalue weighted by Gasteiger charge is -2.42. The molecule has 1 N–H and O–H groups in total. The number of hydrogen-bond acceptors (Lipinski definition) is 4. The quantitative estimate of drug-likeness (QED) is 0.882. The number of fused-ring (bicyclic) bond motifs is 1. The molecule has 2 aromatic rings. The molecule has 3 heterocycles. The molecule has 2 aliphatic rings. The molecular weight excluding hydrogens is 348 g/mol. The Kier molecular flexibility index (Phi) is 4.44. The second-order valence-electron chi connectivity index (χ2n) is 7.10. The van der Waals surface area contributed by atoms with Crippen LogP contribution in [0.15, 0.2) is 41.8 Å². The second kappa shape index (κ2) is 6.76. The third-order valence-electron chi connectivity index (χ3n) is 5.37. The largest absolute Gasteiger partial charge is 0.487 e. The third kappa shape index (κ3) is 3.21. The molecule has 2 atom stereocenters. The lowest BCUT2D eigenvalue weighted by Crippen LogP contribution is -2.45. The van der Waals surface area contributed by atoms with Gasteiger partial charge in [-0.2, -0.15) is 0 Å². The van der Waals surface area contributed by atoms with Gasteiger partial charge in [0.1, 0.15) is 11.4 Å². The fraction of sp³-hybridized carbons (Fsp3) is 0.400. The number of carbonyl (C=O) groups is 2. The summed E-state index contributed by atoms with van der Waals surface area (Å²) in [5.74, 6) is 0.911. The molecule has 1 aromatic carbocycles. The molecule has 0 aliphatic carbocycles. The zero-order valence-corrected chi connectivity index (χ0v) is 15.6. The second-order valence-corrected chi connectivity index (χ2v) is 8.04. The number of carbonyl (C=O) groups excluding carboxylic acids is 2. The molecule has 1 aromatic heterocycles. The molecule has 2 amide bonds. The van der Waals surface area contributed by atoms with Crippen molar-refractivity contribution >= 4 is 23.2 Å². The van der Waals surface area contributed by atoms with Crippen molar-refractivity contribution in [2.75, 3.05) is 13.6 Å². The summed E-state index contributed by atoms with van der Waals surface area (Å²) in [6, 6.07) is 11.5. The highest BCUT2D eigenvalue weighted by Gasteiger charge is 2.43. The Balaban J connectivity index is 1.63. The van der Waals surface area contributed by atoms with Gasteiger partial charge in [0.2, 0.25) is 5.91 Å². The Morgan fingerprint density at radius 2 is 2.12 bits per heavy atom. The van der Waals surface area contributed by atoms with Crippen LogP contribution < -0.4 is 10.1 Å². The summed E-state index contributed by atoms with van der Waals surface area (Å²) < 4.78 is 6.41. The smallest absolute Gasteiger partial charge is 0.261 e. The maximum absolute atomic E-state index is 12.6. The minimum absolute atomic E-state index is 0.0568. The number of amides is 2. The van der Waals surface area contributed by atoms with Crippen LogP contribution in [0.3, 0.4) is 0 Å². The van der Waals surface area contributed by atoms with Crippen LogP contribution in [0.4, 0.5) is 0 Å². The van der Waals surface area contributed by atoms with Crippen LogP contribution in [0.2, 0.25) is 0 Å². The van der Waals surface area contributed by atoms with Gasteiger partial charge in [-0.1, -0.05) is 24.3 Å². The monoisotopic (exact) mass is 370 g/mol. The van der Waals surface area contributed by atoms with Crippen LogP contribution in [0.5, 0.6) is 5.75 Å². The number of para-hydroxylation sites is 1. The van der Waals surface area contributed by atoms with Gasteiger partial charge in [-0.3, -0.25) is 9.59 Å². The molecule has 5 nitrogen and oxygen atoms in total. The van der Waals surface area contributed by atoms with Crippen molar-refractivity contribution in [3.63, 3.8) is 0 Å². The van der Waals surface area contributed by atoms with Crippen molar-refractivity contribution in [3.8, 4) is 5.75 Å². The van der Waals surface area contributed by atoms with Crippen LogP contribution in [-0.2, 0) is 4.79 Å². The summed E-state index contributed by atoms with van der Waals surface area (Å²) in [7, 11) is 1.84. The Labute approximate surface area is 157 Å². The maximum Gasteiger partial charge on any atom is 0.261 e. The molecule has 4 rings (SSSR count). The predicted molar refractivity (Wildman–Crippen MR) is 100 cm³/mol. The highest BCUT2D eigenvalue weighted by molar-refractivity contribution is 7.12. The third-order valence-corrected chi connectivity index (χ3v) is 6.24. The molecule has 26 heavy (non-hydrogen) atoms. The Hall–Kier alpha value is -2.34. The van der Waals surface area contributed by atoms with E-state index in [-0.39, 0.29) is 17.9 Å². The van der Waals surface area contributed by atoms with Gasteiger partial charge in [0.25, 0.3) is 5.91 Å². The highest BCUT2D eigenvalue weighted by atomic mass is 32.1. The van der Waals surface area contributed by atoms with E-state index in [1.165, 1.54) is 11.3 Å². The number of thiophene rings is 1. The van der Waals surface area contributed by atoms with Gasteiger partial charge in [-0.05, 0) is 23.9 Å². The number of likely N-dealkylation sites (tertiary alicyclic amines) is 1. The maximum atomic E-state index is 12.6. The SMILES string of the molecule is CN1CC[C@@]2(CCC1=O)C[C@H](NC(=O)c1cccs1)c1ccccc1O2. The van der Waals surface area contributed by atoms with Gasteiger partial charge in [0.05, 0.1) is 10.9 Å². The fourth-order valence-corrected chi connectivity index (χ4v) is 4.46. The molecule has 1 saturated heterocycles. The summed E-state index contributed by atoms with van der Waals surface area (Å²) in [5.41, 5.74) is 0.592. The fourth-order valence-electron chi connectivity index (χ4n) is 3.84. The van der Waals surface area contributed by atoms with Crippen LogP contribution >= 0.6 is 11.3 Å². The van der Waals surface area contributed by atoms with Gasteiger partial charge in [0.15, 0.2) is 0 Å². The lowest BCUT2D eigenvalue weighted by atomic mass is 9.82. The number of nitrogens with zero attached hydrogens (tertiary/aromatic N) is 1. The van der Waals surface area contributed by atoms with E-state index >= 15 is 0 Å². The zero-order valence-electron chi connectivity index (χ0n) is 14.7. The number of ether oxygens (including phenoxy) is 1. The standard InChI is InChI=1S/C20H22N2O3S/c1-22-11-10-20(9-8-18(22)23)13-15(14-5-2-3-6-16(14)25-20)21-19(24)17-7-4-12-26-17/h2-7,12,15H,8-11,13H2,1H3,(H,21,24)/t15-,20-/m0/s1. The van der Waals surface area contributed by atoms with Crippen LogP contribution in [0, 0.1) is 0 Å². The molecule has 0 unspecified atom stereocenters. The van der Waals surface area contributed by atoms with Gasteiger partial charge in [-0.15, -0.1) is 11.3 Å². The first kappa shape index (κ1) is 17.1. The Morgan fingerprint density at radius 3 is 2.92 bits per heavy atom. The van der Waals surface area contributed by atoms with Gasteiger partial charge >= 0.3 is 0 Å². The first-order chi connectivity index (χ1) is 12.6. The van der Waals surface area contributed by atoms with Gasteiger partial charge in [0, 0.05) is 38.4 Å². The predicted octanol–water partition coefficient (Wildman–Crippen LogP) is 3.38. The Morgan fingerprint density at radius 1 is 1.27 bits per heavy atom. The van der Waals surface area contributed by atoms with Crippen molar-refractivity contribution in [1.29, 1.82) is 0 Å². The molecule has 0 bridgehead atoms. The number of rotatable bonds is 2. The normalized spacial score (nSPS) is 25.3. The van der Waals surface area contributed by atoms with E-state index in [4.69, 9.17) is 4.74 Å². The molecule has 136 valence electrons. The van der Waals surface area contributed by atoms with Crippen molar-refractivity contribution in [2.45, 2.75) is 37.3 Å². The van der Waals surface area contributed by atoms with Crippen molar-refractivity contribution in [1.82, 2.24) is 10.2 Å². The van der Waals surface area contributed by atoms with E-state index in [2.05, 4.69) is 5.32 Å². The first-order valence-electron chi connectivity index (χ1n) is 8.93. The minimum Gasteiger partial charge on any atom is -0.487 e. The lowest BCUT2D eigenvalue weighted by molar-refractivity contribution is -0.129. The van der Waals surface area contributed by atoms with Crippen molar-refractivity contribution in [2.24, 2.45) is 0 Å². The van der Waals surface area contributed by atoms with E-state index in [0.29, 0.717) is 30.7 Å². The molecule has 6 heteroatoms. The zero-order chi connectivity index (χ0) is 18.1. The average Bonchev–Trinajstić information content (AvgIpc) is 3.15. The first-order valence-corrected chi connectivity index (χ1v) is 9.81.